The van der Waals surface area contributed by atoms with Crippen LogP contribution in [0.3, 0.4) is 0 Å². The van der Waals surface area contributed by atoms with Crippen LogP contribution in [0.25, 0.3) is 10.9 Å². The molecule has 3 rings (SSSR count). The average Bonchev–Trinajstić information content (AvgIpc) is 2.59. The van der Waals surface area contributed by atoms with Gasteiger partial charge in [0.25, 0.3) is 11.5 Å². The Kier molecular flexibility index (Phi) is 4.29. The van der Waals surface area contributed by atoms with Gasteiger partial charge in [0, 0.05) is 6.54 Å². The fourth-order valence-corrected chi connectivity index (χ4v) is 2.52. The van der Waals surface area contributed by atoms with Gasteiger partial charge < -0.3 is 15.0 Å². The van der Waals surface area contributed by atoms with Crippen molar-refractivity contribution in [3.8, 4) is 5.75 Å². The van der Waals surface area contributed by atoms with Gasteiger partial charge in [0.05, 0.1) is 18.0 Å². The third-order valence-electron chi connectivity index (χ3n) is 3.74. The van der Waals surface area contributed by atoms with E-state index in [1.807, 2.05) is 43.3 Å². The molecule has 2 N–H and O–H groups in total. The smallest absolute Gasteiger partial charge is 0.287 e. The van der Waals surface area contributed by atoms with Crippen LogP contribution in [-0.4, -0.2) is 23.0 Å². The number of aromatic amines is 1. The zero-order valence-electron chi connectivity index (χ0n) is 13.4. The summed E-state index contributed by atoms with van der Waals surface area (Å²) in [6, 6.07) is 12.7. The van der Waals surface area contributed by atoms with Crippen LogP contribution >= 0.6 is 0 Å². The predicted molar refractivity (Wildman–Crippen MR) is 91.3 cm³/mol. The maximum atomic E-state index is 12.3. The van der Waals surface area contributed by atoms with Gasteiger partial charge in [-0.3, -0.25) is 9.59 Å². The summed E-state index contributed by atoms with van der Waals surface area (Å²) in [4.78, 5) is 31.3. The fourth-order valence-electron chi connectivity index (χ4n) is 2.52. The van der Waals surface area contributed by atoms with E-state index in [4.69, 9.17) is 4.74 Å². The molecule has 24 heavy (non-hydrogen) atoms. The van der Waals surface area contributed by atoms with Gasteiger partial charge in [-0.15, -0.1) is 0 Å². The first-order valence-corrected chi connectivity index (χ1v) is 7.49. The topological polar surface area (TPSA) is 84.1 Å². The van der Waals surface area contributed by atoms with Crippen molar-refractivity contribution in [2.45, 2.75) is 13.5 Å². The second-order valence-corrected chi connectivity index (χ2v) is 5.42. The number of aryl methyl sites for hydroxylation is 1. The third-order valence-corrected chi connectivity index (χ3v) is 3.74. The molecule has 0 radical (unpaired) electrons. The van der Waals surface area contributed by atoms with E-state index in [2.05, 4.69) is 15.3 Å². The minimum atomic E-state index is -0.432. The Balaban J connectivity index is 1.82. The number of aromatic nitrogens is 2. The van der Waals surface area contributed by atoms with E-state index in [9.17, 15) is 9.59 Å². The van der Waals surface area contributed by atoms with Gasteiger partial charge in [-0.05, 0) is 36.2 Å². The Bertz CT molecular complexity index is 963. The third kappa shape index (κ3) is 3.12. The van der Waals surface area contributed by atoms with Crippen LogP contribution in [0.1, 0.15) is 21.7 Å². The fraction of sp³-hybridized carbons (Fsp3) is 0.167. The summed E-state index contributed by atoms with van der Waals surface area (Å²) in [5.41, 5.74) is 1.90. The van der Waals surface area contributed by atoms with Crippen molar-refractivity contribution in [2.75, 3.05) is 7.11 Å². The zero-order valence-corrected chi connectivity index (χ0v) is 13.4. The number of benzene rings is 2. The van der Waals surface area contributed by atoms with E-state index in [1.165, 1.54) is 0 Å². The highest BCUT2D eigenvalue weighted by molar-refractivity contribution is 5.93. The van der Waals surface area contributed by atoms with E-state index < -0.39 is 5.91 Å². The molecule has 0 unspecified atom stereocenters. The minimum absolute atomic E-state index is 0.000922. The molecule has 122 valence electrons. The van der Waals surface area contributed by atoms with Gasteiger partial charge in [0.1, 0.15) is 5.75 Å². The maximum absolute atomic E-state index is 12.3. The number of rotatable bonds is 4. The van der Waals surface area contributed by atoms with E-state index in [0.29, 0.717) is 17.4 Å². The molecular weight excluding hydrogens is 306 g/mol. The number of nitrogens with one attached hydrogen (secondary N) is 2. The van der Waals surface area contributed by atoms with Gasteiger partial charge in [-0.2, -0.15) is 0 Å². The van der Waals surface area contributed by atoms with Crippen LogP contribution in [0.4, 0.5) is 0 Å². The number of nitrogens with zero attached hydrogens (tertiary/aromatic N) is 1. The number of methoxy groups -OCH3 is 1. The zero-order chi connectivity index (χ0) is 17.1. The molecule has 1 heterocycles. The molecule has 0 saturated carbocycles. The number of carbonyl (C=O) groups is 1. The summed E-state index contributed by atoms with van der Waals surface area (Å²) in [6.07, 6.45) is 0. The van der Waals surface area contributed by atoms with Gasteiger partial charge >= 0.3 is 0 Å². The first-order chi connectivity index (χ1) is 11.6. The van der Waals surface area contributed by atoms with E-state index >= 15 is 0 Å². The van der Waals surface area contributed by atoms with Crippen LogP contribution < -0.4 is 15.6 Å². The molecule has 0 bridgehead atoms. The predicted octanol–water partition coefficient (Wildman–Crippen LogP) is 2.17. The highest BCUT2D eigenvalue weighted by Gasteiger charge is 2.12. The molecule has 0 atom stereocenters. The normalized spacial score (nSPS) is 10.6. The van der Waals surface area contributed by atoms with E-state index in [1.54, 1.807) is 13.2 Å². The molecule has 0 aliphatic rings. The summed E-state index contributed by atoms with van der Waals surface area (Å²) in [5.74, 6) is 0.286. The number of amides is 1. The van der Waals surface area contributed by atoms with Gasteiger partial charge in [0.15, 0.2) is 5.82 Å². The van der Waals surface area contributed by atoms with Crippen LogP contribution in [-0.2, 0) is 6.54 Å². The lowest BCUT2D eigenvalue weighted by atomic mass is 10.1. The highest BCUT2D eigenvalue weighted by Crippen LogP contribution is 2.13. The first-order valence-electron chi connectivity index (χ1n) is 7.49. The summed E-state index contributed by atoms with van der Waals surface area (Å²) < 4.78 is 5.15. The average molecular weight is 323 g/mol. The first kappa shape index (κ1) is 15.7. The van der Waals surface area contributed by atoms with Crippen LogP contribution in [0.15, 0.2) is 47.3 Å². The lowest BCUT2D eigenvalue weighted by Crippen LogP contribution is -2.27. The molecule has 0 fully saturated rings. The van der Waals surface area contributed by atoms with Gasteiger partial charge in [-0.25, -0.2) is 4.98 Å². The lowest BCUT2D eigenvalue weighted by molar-refractivity contribution is 0.0940. The van der Waals surface area contributed by atoms with E-state index in [0.717, 1.165) is 16.9 Å². The molecule has 1 aromatic heterocycles. The second-order valence-electron chi connectivity index (χ2n) is 5.42. The Labute approximate surface area is 138 Å². The summed E-state index contributed by atoms with van der Waals surface area (Å²) in [7, 11) is 1.59. The van der Waals surface area contributed by atoms with Crippen molar-refractivity contribution in [2.24, 2.45) is 0 Å². The van der Waals surface area contributed by atoms with Crippen LogP contribution in [0, 0.1) is 6.92 Å². The Morgan fingerprint density at radius 1 is 1.25 bits per heavy atom. The summed E-state index contributed by atoms with van der Waals surface area (Å²) >= 11 is 0. The Hall–Kier alpha value is -3.15. The molecule has 6 nitrogen and oxygen atoms in total. The lowest BCUT2D eigenvalue weighted by Gasteiger charge is -2.07. The number of hydrogen-bond donors (Lipinski definition) is 2. The molecule has 0 aliphatic carbocycles. The molecule has 0 saturated heterocycles. The van der Waals surface area contributed by atoms with Crippen molar-refractivity contribution in [1.29, 1.82) is 0 Å². The standard InChI is InChI=1S/C18H17N3O3/c1-11-5-3-8-14-15(11)17(22)21-16(20-14)18(23)19-10-12-6-4-7-13(9-12)24-2/h3-9H,10H2,1-2H3,(H,19,23)(H,20,21,22). The number of fused-ring (bicyclic) bond motifs is 1. The van der Waals surface area contributed by atoms with Crippen molar-refractivity contribution in [3.63, 3.8) is 0 Å². The van der Waals surface area contributed by atoms with Crippen molar-refractivity contribution in [1.82, 2.24) is 15.3 Å². The number of ether oxygens (including phenoxy) is 1. The van der Waals surface area contributed by atoms with Crippen molar-refractivity contribution >= 4 is 16.8 Å². The molecule has 6 heteroatoms. The second kappa shape index (κ2) is 6.54. The Morgan fingerprint density at radius 3 is 2.83 bits per heavy atom. The molecule has 0 spiro atoms. The SMILES string of the molecule is COc1cccc(CNC(=O)c2nc3cccc(C)c3c(=O)[nH]2)c1. The molecule has 2 aromatic carbocycles. The molecular formula is C18H17N3O3. The quantitative estimate of drug-likeness (QED) is 0.771. The monoisotopic (exact) mass is 323 g/mol. The number of carbonyl (C=O) groups excluding carboxylic acids is 1. The van der Waals surface area contributed by atoms with Gasteiger partial charge in [0.2, 0.25) is 0 Å². The minimum Gasteiger partial charge on any atom is -0.497 e. The van der Waals surface area contributed by atoms with Crippen LogP contribution in [0.2, 0.25) is 0 Å². The molecule has 1 amide bonds. The summed E-state index contributed by atoms with van der Waals surface area (Å²) in [5, 5.41) is 3.25. The number of H-pyrrole nitrogens is 1. The molecule has 3 aromatic rings. The van der Waals surface area contributed by atoms with Crippen molar-refractivity contribution < 1.29 is 9.53 Å². The van der Waals surface area contributed by atoms with Crippen molar-refractivity contribution in [3.05, 3.63) is 69.8 Å². The largest absolute Gasteiger partial charge is 0.497 e. The Morgan fingerprint density at radius 2 is 2.04 bits per heavy atom. The van der Waals surface area contributed by atoms with Gasteiger partial charge in [-0.1, -0.05) is 24.3 Å². The van der Waals surface area contributed by atoms with E-state index in [-0.39, 0.29) is 11.4 Å². The summed E-state index contributed by atoms with van der Waals surface area (Å²) in [6.45, 7) is 2.15. The molecule has 0 aliphatic heterocycles. The van der Waals surface area contributed by atoms with Crippen LogP contribution in [0.5, 0.6) is 5.75 Å². The maximum Gasteiger partial charge on any atom is 0.287 e. The highest BCUT2D eigenvalue weighted by atomic mass is 16.5. The number of hydrogen-bond acceptors (Lipinski definition) is 4.